The Bertz CT molecular complexity index is 73.5. The van der Waals surface area contributed by atoms with Gasteiger partial charge in [-0.05, 0) is 20.8 Å². The molecule has 0 saturated carbocycles. The second-order valence-corrected chi connectivity index (χ2v) is 2.46. The summed E-state index contributed by atoms with van der Waals surface area (Å²) in [6.45, 7) is 4.58. The molecule has 1 nitrogen and oxygen atoms in total. The molecule has 0 spiro atoms. The maximum absolute atomic E-state index is 12.4. The molecule has 0 heterocycles. The van der Waals surface area contributed by atoms with Crippen molar-refractivity contribution in [1.82, 2.24) is 5.12 Å². The van der Waals surface area contributed by atoms with E-state index in [1.807, 2.05) is 0 Å². The third-order valence-electron chi connectivity index (χ3n) is 0.986. The SMILES string of the molecule is CC(F)CN(F)C(C)C. The van der Waals surface area contributed by atoms with E-state index in [4.69, 9.17) is 0 Å². The fourth-order valence-electron chi connectivity index (χ4n) is 0.451. The zero-order chi connectivity index (χ0) is 7.44. The molecule has 0 radical (unpaired) electrons. The lowest BCUT2D eigenvalue weighted by Crippen LogP contribution is -2.27. The monoisotopic (exact) mass is 137 g/mol. The predicted octanol–water partition coefficient (Wildman–Crippen LogP) is 1.94. The maximum atomic E-state index is 12.4. The Morgan fingerprint density at radius 3 is 1.89 bits per heavy atom. The summed E-state index contributed by atoms with van der Waals surface area (Å²) in [7, 11) is 0. The molecule has 0 aromatic heterocycles. The number of alkyl halides is 1. The van der Waals surface area contributed by atoms with Crippen molar-refractivity contribution in [3.05, 3.63) is 0 Å². The predicted molar refractivity (Wildman–Crippen MR) is 33.5 cm³/mol. The highest BCUT2D eigenvalue weighted by molar-refractivity contribution is 4.55. The van der Waals surface area contributed by atoms with Gasteiger partial charge in [-0.1, -0.05) is 0 Å². The summed E-state index contributed by atoms with van der Waals surface area (Å²) in [4.78, 5) is 0. The lowest BCUT2D eigenvalue weighted by atomic mass is 10.3. The van der Waals surface area contributed by atoms with Gasteiger partial charge in [0, 0.05) is 6.04 Å². The maximum Gasteiger partial charge on any atom is 0.113 e. The highest BCUT2D eigenvalue weighted by atomic mass is 19.2. The quantitative estimate of drug-likeness (QED) is 0.537. The topological polar surface area (TPSA) is 3.24 Å². The van der Waals surface area contributed by atoms with Gasteiger partial charge in [0.15, 0.2) is 0 Å². The molecule has 0 aromatic carbocycles. The molecule has 0 N–H and O–H groups in total. The van der Waals surface area contributed by atoms with E-state index in [1.165, 1.54) is 6.92 Å². The van der Waals surface area contributed by atoms with Gasteiger partial charge >= 0.3 is 0 Å². The van der Waals surface area contributed by atoms with Gasteiger partial charge in [-0.15, -0.1) is 9.60 Å². The van der Waals surface area contributed by atoms with Crippen LogP contribution in [0.4, 0.5) is 8.87 Å². The van der Waals surface area contributed by atoms with Crippen molar-refractivity contribution in [2.45, 2.75) is 33.0 Å². The molecule has 0 aliphatic heterocycles. The molecule has 3 heteroatoms. The zero-order valence-corrected chi connectivity index (χ0v) is 6.06. The van der Waals surface area contributed by atoms with E-state index < -0.39 is 6.17 Å². The second-order valence-electron chi connectivity index (χ2n) is 2.46. The average Bonchev–Trinajstić information content (AvgIpc) is 1.63. The van der Waals surface area contributed by atoms with Crippen molar-refractivity contribution in [1.29, 1.82) is 0 Å². The minimum Gasteiger partial charge on any atom is -0.246 e. The first-order chi connectivity index (χ1) is 4.04. The number of hydrogen-bond donors (Lipinski definition) is 0. The van der Waals surface area contributed by atoms with Crippen LogP contribution in [-0.4, -0.2) is 23.9 Å². The molecule has 0 rings (SSSR count). The molecular weight excluding hydrogens is 124 g/mol. The normalized spacial score (nSPS) is 15.0. The van der Waals surface area contributed by atoms with E-state index in [0.29, 0.717) is 5.12 Å². The van der Waals surface area contributed by atoms with Crippen LogP contribution in [0.2, 0.25) is 0 Å². The van der Waals surface area contributed by atoms with Crippen LogP contribution in [0.1, 0.15) is 20.8 Å². The highest BCUT2D eigenvalue weighted by Crippen LogP contribution is 2.01. The zero-order valence-electron chi connectivity index (χ0n) is 6.06. The number of halogens is 2. The lowest BCUT2D eigenvalue weighted by molar-refractivity contribution is -0.0254. The van der Waals surface area contributed by atoms with E-state index in [2.05, 4.69) is 0 Å². The first-order valence-electron chi connectivity index (χ1n) is 3.10. The molecule has 9 heavy (non-hydrogen) atoms. The molecule has 1 unspecified atom stereocenters. The van der Waals surface area contributed by atoms with E-state index >= 15 is 0 Å². The molecule has 1 atom stereocenters. The minimum atomic E-state index is -1.09. The van der Waals surface area contributed by atoms with E-state index in [1.54, 1.807) is 13.8 Å². The van der Waals surface area contributed by atoms with Gasteiger partial charge in [-0.3, -0.25) is 0 Å². The van der Waals surface area contributed by atoms with Crippen molar-refractivity contribution >= 4 is 0 Å². The van der Waals surface area contributed by atoms with Crippen LogP contribution in [0.25, 0.3) is 0 Å². The summed E-state index contributed by atoms with van der Waals surface area (Å²) in [6.07, 6.45) is -1.09. The fourth-order valence-corrected chi connectivity index (χ4v) is 0.451. The van der Waals surface area contributed by atoms with Gasteiger partial charge in [-0.25, -0.2) is 4.39 Å². The molecule has 0 aromatic rings. The molecular formula is C6H13F2N. The first-order valence-corrected chi connectivity index (χ1v) is 3.10. The summed E-state index contributed by atoms with van der Waals surface area (Å²) in [5.41, 5.74) is 0. The van der Waals surface area contributed by atoms with Gasteiger partial charge in [0.2, 0.25) is 0 Å². The molecule has 56 valence electrons. The summed E-state index contributed by atoms with van der Waals surface area (Å²) < 4.78 is 24.4. The number of hydrogen-bond acceptors (Lipinski definition) is 1. The van der Waals surface area contributed by atoms with Crippen molar-refractivity contribution in [3.8, 4) is 0 Å². The van der Waals surface area contributed by atoms with Crippen LogP contribution in [0, 0.1) is 0 Å². The Balaban J connectivity index is 3.38. The molecule has 0 saturated heterocycles. The van der Waals surface area contributed by atoms with Gasteiger partial charge in [0.05, 0.1) is 6.54 Å². The van der Waals surface area contributed by atoms with Crippen molar-refractivity contribution in [3.63, 3.8) is 0 Å². The summed E-state index contributed by atoms with van der Waals surface area (Å²) >= 11 is 0. The Morgan fingerprint density at radius 2 is 1.78 bits per heavy atom. The van der Waals surface area contributed by atoms with Crippen molar-refractivity contribution in [2.24, 2.45) is 0 Å². The molecule has 0 aliphatic rings. The fraction of sp³-hybridized carbons (Fsp3) is 1.00. The summed E-state index contributed by atoms with van der Waals surface area (Å²) in [6, 6.07) is -0.219. The van der Waals surface area contributed by atoms with E-state index in [9.17, 15) is 8.87 Å². The standard InChI is InChI=1S/C6H13F2N/c1-5(2)9(8)4-6(3)7/h5-6H,4H2,1-3H3. The third-order valence-corrected chi connectivity index (χ3v) is 0.986. The van der Waals surface area contributed by atoms with Crippen LogP contribution in [0.3, 0.4) is 0 Å². The molecule has 0 aliphatic carbocycles. The number of rotatable bonds is 3. The average molecular weight is 137 g/mol. The highest BCUT2D eigenvalue weighted by Gasteiger charge is 2.10. The minimum absolute atomic E-state index is 0.127. The van der Waals surface area contributed by atoms with E-state index in [-0.39, 0.29) is 12.6 Å². The molecule has 0 bridgehead atoms. The summed E-state index contributed by atoms with van der Waals surface area (Å²) in [5, 5.41) is 0.491. The van der Waals surface area contributed by atoms with Crippen molar-refractivity contribution < 1.29 is 8.87 Å². The van der Waals surface area contributed by atoms with Gasteiger partial charge in [0.1, 0.15) is 6.17 Å². The molecule has 0 amide bonds. The first kappa shape index (κ1) is 8.82. The van der Waals surface area contributed by atoms with Crippen molar-refractivity contribution in [2.75, 3.05) is 6.54 Å². The van der Waals surface area contributed by atoms with Crippen LogP contribution in [0.5, 0.6) is 0 Å². The Morgan fingerprint density at radius 1 is 1.33 bits per heavy atom. The van der Waals surface area contributed by atoms with Crippen LogP contribution in [-0.2, 0) is 0 Å². The Hall–Kier alpha value is -0.180. The second kappa shape index (κ2) is 3.77. The van der Waals surface area contributed by atoms with Crippen LogP contribution >= 0.6 is 0 Å². The van der Waals surface area contributed by atoms with E-state index in [0.717, 1.165) is 0 Å². The van der Waals surface area contributed by atoms with Gasteiger partial charge in [0.25, 0.3) is 0 Å². The van der Waals surface area contributed by atoms with Crippen LogP contribution < -0.4 is 0 Å². The van der Waals surface area contributed by atoms with Gasteiger partial charge < -0.3 is 0 Å². The molecule has 0 fully saturated rings. The third kappa shape index (κ3) is 4.33. The van der Waals surface area contributed by atoms with Crippen LogP contribution in [0.15, 0.2) is 0 Å². The lowest BCUT2D eigenvalue weighted by Gasteiger charge is -2.15. The smallest absolute Gasteiger partial charge is 0.113 e. The largest absolute Gasteiger partial charge is 0.246 e. The Kier molecular flexibility index (Phi) is 3.70. The number of nitrogens with zero attached hydrogens (tertiary/aromatic N) is 1. The summed E-state index contributed by atoms with van der Waals surface area (Å²) in [5.74, 6) is 0. The Labute approximate surface area is 54.6 Å². The van der Waals surface area contributed by atoms with Gasteiger partial charge in [-0.2, -0.15) is 0 Å².